The molecule has 3 nitrogen and oxygen atoms in total. The third kappa shape index (κ3) is 6.22. The Labute approximate surface area is 106 Å². The summed E-state index contributed by atoms with van der Waals surface area (Å²) in [5, 5.41) is 0. The van der Waals surface area contributed by atoms with Crippen LogP contribution in [0.5, 0.6) is 0 Å². The molecule has 0 aromatic carbocycles. The van der Waals surface area contributed by atoms with E-state index in [1.54, 1.807) is 0 Å². The minimum absolute atomic E-state index is 0.232. The second-order valence-corrected chi connectivity index (χ2v) is 7.07. The highest BCUT2D eigenvalue weighted by Gasteiger charge is 2.40. The normalized spacial score (nSPS) is 12.6. The summed E-state index contributed by atoms with van der Waals surface area (Å²) in [6, 6.07) is 0.934. The molecule has 96 valence electrons. The van der Waals surface area contributed by atoms with E-state index in [2.05, 4.69) is 59.3 Å². The minimum atomic E-state index is -1.75. The topological polar surface area (TPSA) is 21.7 Å². The summed E-state index contributed by atoms with van der Waals surface area (Å²) < 4.78 is 14.4. The van der Waals surface area contributed by atoms with Gasteiger partial charge in [0.25, 0.3) is 0 Å². The molecule has 0 saturated heterocycles. The SMILES string of the molecule is CC(C)[O][Al]([O]C(C)C)[N](C(C)C)C(C)C. The van der Waals surface area contributed by atoms with Crippen LogP contribution in [0.3, 0.4) is 0 Å². The Morgan fingerprint density at radius 1 is 0.688 bits per heavy atom. The maximum Gasteiger partial charge on any atom is 0.804 e. The Morgan fingerprint density at radius 3 is 1.19 bits per heavy atom. The molecule has 16 heavy (non-hydrogen) atoms. The van der Waals surface area contributed by atoms with Crippen molar-refractivity contribution in [2.45, 2.75) is 79.7 Å². The van der Waals surface area contributed by atoms with Gasteiger partial charge in [-0.1, -0.05) is 27.7 Å². The zero-order valence-corrected chi connectivity index (χ0v) is 13.3. The monoisotopic (exact) mass is 245 g/mol. The molecular weight excluding hydrogens is 217 g/mol. The molecule has 0 atom stereocenters. The minimum Gasteiger partial charge on any atom is -0.463 e. The molecule has 0 aromatic heterocycles. The first kappa shape index (κ1) is 16.4. The molecule has 0 N–H and O–H groups in total. The van der Waals surface area contributed by atoms with Crippen LogP contribution >= 0.6 is 0 Å². The van der Waals surface area contributed by atoms with E-state index in [9.17, 15) is 0 Å². The average Bonchev–Trinajstić information content (AvgIpc) is 1.98. The Balaban J connectivity index is 4.67. The van der Waals surface area contributed by atoms with Crippen molar-refractivity contribution in [2.24, 2.45) is 0 Å². The number of hydrogen-bond acceptors (Lipinski definition) is 3. The first-order chi connectivity index (χ1) is 7.25. The van der Waals surface area contributed by atoms with Gasteiger partial charge in [-0.05, 0) is 39.8 Å². The molecule has 0 aliphatic heterocycles. The molecule has 0 bridgehead atoms. The van der Waals surface area contributed by atoms with Crippen molar-refractivity contribution in [2.75, 3.05) is 0 Å². The summed E-state index contributed by atoms with van der Waals surface area (Å²) in [6.07, 6.45) is 0.464. The van der Waals surface area contributed by atoms with E-state index in [-0.39, 0.29) is 12.2 Å². The lowest BCUT2D eigenvalue weighted by Crippen LogP contribution is -2.53. The van der Waals surface area contributed by atoms with E-state index in [0.717, 1.165) is 0 Å². The number of rotatable bonds is 7. The lowest BCUT2D eigenvalue weighted by Gasteiger charge is -2.35. The van der Waals surface area contributed by atoms with Gasteiger partial charge in [-0.3, -0.25) is 0 Å². The summed E-state index contributed by atoms with van der Waals surface area (Å²) in [5.74, 6) is 0. The van der Waals surface area contributed by atoms with E-state index in [0.29, 0.717) is 12.1 Å². The molecule has 0 rings (SSSR count). The fraction of sp³-hybridized carbons (Fsp3) is 1.00. The quantitative estimate of drug-likeness (QED) is 0.644. The standard InChI is InChI=1S/C6H14N.2C3H7O.Al/c1-5(2)7-6(3)4;2*1-3(2)4;/h5-6H,1-4H3;2*3H,1-2H3;/q3*-1;+3. The van der Waals surface area contributed by atoms with Crippen LogP contribution in [-0.4, -0.2) is 43.2 Å². The zero-order valence-electron chi connectivity index (χ0n) is 12.2. The molecule has 0 aliphatic carbocycles. The van der Waals surface area contributed by atoms with Crippen LogP contribution in [0.15, 0.2) is 0 Å². The highest BCUT2D eigenvalue weighted by Crippen LogP contribution is 2.13. The van der Waals surface area contributed by atoms with Gasteiger partial charge in [0, 0.05) is 12.2 Å². The van der Waals surface area contributed by atoms with Gasteiger partial charge in [0.2, 0.25) is 0 Å². The van der Waals surface area contributed by atoms with Gasteiger partial charge in [0.1, 0.15) is 0 Å². The Bertz CT molecular complexity index is 166. The second kappa shape index (κ2) is 7.68. The lowest BCUT2D eigenvalue weighted by atomic mass is 10.3. The summed E-state index contributed by atoms with van der Waals surface area (Å²) in [7, 11) is 0. The van der Waals surface area contributed by atoms with Crippen LogP contribution < -0.4 is 0 Å². The van der Waals surface area contributed by atoms with Gasteiger partial charge in [0.15, 0.2) is 0 Å². The summed E-state index contributed by atoms with van der Waals surface area (Å²) in [6.45, 7) is 17.1. The van der Waals surface area contributed by atoms with Gasteiger partial charge >= 0.3 is 15.0 Å². The maximum absolute atomic E-state index is 5.99. The lowest BCUT2D eigenvalue weighted by molar-refractivity contribution is 0.0702. The van der Waals surface area contributed by atoms with Crippen molar-refractivity contribution in [3.63, 3.8) is 0 Å². The smallest absolute Gasteiger partial charge is 0.463 e. The van der Waals surface area contributed by atoms with Gasteiger partial charge in [-0.15, -0.1) is 0 Å². The maximum atomic E-state index is 5.99. The van der Waals surface area contributed by atoms with Crippen molar-refractivity contribution in [3.8, 4) is 0 Å². The molecule has 0 heterocycles. The van der Waals surface area contributed by atoms with Crippen molar-refractivity contribution >= 4 is 15.0 Å². The van der Waals surface area contributed by atoms with Crippen LogP contribution in [0.1, 0.15) is 55.4 Å². The van der Waals surface area contributed by atoms with Crippen LogP contribution in [0, 0.1) is 0 Å². The molecule has 0 fully saturated rings. The Morgan fingerprint density at radius 2 is 1.00 bits per heavy atom. The van der Waals surface area contributed by atoms with Crippen molar-refractivity contribution in [1.82, 2.24) is 3.88 Å². The second-order valence-electron chi connectivity index (χ2n) is 5.31. The van der Waals surface area contributed by atoms with Crippen LogP contribution in [0.2, 0.25) is 0 Å². The van der Waals surface area contributed by atoms with E-state index in [1.807, 2.05) is 0 Å². The highest BCUT2D eigenvalue weighted by atomic mass is 27.2. The highest BCUT2D eigenvalue weighted by molar-refractivity contribution is 6.41. The van der Waals surface area contributed by atoms with Gasteiger partial charge in [-0.25, -0.2) is 0 Å². The van der Waals surface area contributed by atoms with Crippen LogP contribution in [0.25, 0.3) is 0 Å². The van der Waals surface area contributed by atoms with Crippen LogP contribution in [0.4, 0.5) is 0 Å². The molecule has 0 unspecified atom stereocenters. The molecule has 0 spiro atoms. The van der Waals surface area contributed by atoms with Crippen molar-refractivity contribution in [1.29, 1.82) is 0 Å². The Kier molecular flexibility index (Phi) is 7.88. The number of nitrogens with zero attached hydrogens (tertiary/aromatic N) is 1. The first-order valence-corrected chi connectivity index (χ1v) is 7.80. The van der Waals surface area contributed by atoms with E-state index in [4.69, 9.17) is 7.58 Å². The van der Waals surface area contributed by atoms with Gasteiger partial charge in [-0.2, -0.15) is 0 Å². The van der Waals surface area contributed by atoms with E-state index >= 15 is 0 Å². The molecule has 0 aliphatic rings. The van der Waals surface area contributed by atoms with E-state index in [1.165, 1.54) is 0 Å². The fourth-order valence-corrected chi connectivity index (χ4v) is 3.97. The molecule has 4 heteroatoms. The first-order valence-electron chi connectivity index (χ1n) is 6.34. The predicted molar refractivity (Wildman–Crippen MR) is 70.3 cm³/mol. The number of hydrogen-bond donors (Lipinski definition) is 0. The van der Waals surface area contributed by atoms with Crippen LogP contribution in [-0.2, 0) is 7.58 Å². The molecule has 0 radical (unpaired) electrons. The van der Waals surface area contributed by atoms with Gasteiger partial charge < -0.3 is 11.5 Å². The fourth-order valence-electron chi connectivity index (χ4n) is 1.72. The average molecular weight is 245 g/mol. The van der Waals surface area contributed by atoms with E-state index < -0.39 is 15.0 Å². The third-order valence-corrected chi connectivity index (χ3v) is 5.45. The third-order valence-electron chi connectivity index (χ3n) is 2.21. The van der Waals surface area contributed by atoms with Crippen molar-refractivity contribution < 1.29 is 7.58 Å². The van der Waals surface area contributed by atoms with Gasteiger partial charge in [0.05, 0.1) is 0 Å². The molecule has 0 saturated carbocycles. The zero-order chi connectivity index (χ0) is 12.9. The molecular formula is C12H28AlNO2. The Hall–Kier alpha value is 0.412. The molecule has 0 aromatic rings. The summed E-state index contributed by atoms with van der Waals surface area (Å²) in [4.78, 5) is 0. The molecule has 0 amide bonds. The predicted octanol–water partition coefficient (Wildman–Crippen LogP) is 2.94. The summed E-state index contributed by atoms with van der Waals surface area (Å²) >= 11 is -1.75. The summed E-state index contributed by atoms with van der Waals surface area (Å²) in [5.41, 5.74) is 0. The largest absolute Gasteiger partial charge is 0.804 e. The van der Waals surface area contributed by atoms with Crippen molar-refractivity contribution in [3.05, 3.63) is 0 Å².